The van der Waals surface area contributed by atoms with Gasteiger partial charge in [-0.1, -0.05) is 189 Å². The average Bonchev–Trinajstić information content (AvgIpc) is 3.94. The van der Waals surface area contributed by atoms with Crippen LogP contribution in [-0.4, -0.2) is 0 Å². The van der Waals surface area contributed by atoms with Crippen molar-refractivity contribution in [2.75, 3.05) is 9.80 Å². The zero-order valence-electron chi connectivity index (χ0n) is 32.9. The van der Waals surface area contributed by atoms with E-state index in [0.717, 1.165) is 0 Å². The molecule has 0 aromatic heterocycles. The van der Waals surface area contributed by atoms with Crippen LogP contribution in [0.25, 0.3) is 0 Å². The number of halogens is 1. The summed E-state index contributed by atoms with van der Waals surface area (Å²) in [6, 6.07) is 53.0. The molecule has 2 nitrogen and oxygen atoms in total. The Bertz CT molecular complexity index is 1860. The summed E-state index contributed by atoms with van der Waals surface area (Å²) in [5.74, 6) is 0.193. The van der Waals surface area contributed by atoms with Crippen molar-refractivity contribution in [3.63, 3.8) is 0 Å². The fourth-order valence-corrected chi connectivity index (χ4v) is 8.32. The van der Waals surface area contributed by atoms with Crippen LogP contribution in [0.2, 0.25) is 0 Å². The van der Waals surface area contributed by atoms with Gasteiger partial charge in [-0.2, -0.15) is 0 Å². The molecule has 55 heavy (non-hydrogen) atoms. The summed E-state index contributed by atoms with van der Waals surface area (Å²) in [5.41, 5.74) is 15.2. The molecule has 6 aromatic rings. The molecule has 8 rings (SSSR count). The van der Waals surface area contributed by atoms with E-state index in [1.807, 2.05) is 0 Å². The molecule has 0 N–H and O–H groups in total. The minimum atomic E-state index is 0. The van der Waals surface area contributed by atoms with Gasteiger partial charge in [0.1, 0.15) is 0 Å². The number of aryl methyl sites for hydroxylation is 4. The van der Waals surface area contributed by atoms with E-state index in [1.54, 1.807) is 0 Å². The van der Waals surface area contributed by atoms with Crippen LogP contribution in [0.3, 0.4) is 0 Å². The molecule has 6 aromatic carbocycles. The Labute approximate surface area is 343 Å². The van der Waals surface area contributed by atoms with Gasteiger partial charge in [-0.25, -0.2) is 0 Å². The van der Waals surface area contributed by atoms with Gasteiger partial charge in [-0.3, -0.25) is 0 Å². The molecule has 1 aliphatic carbocycles. The summed E-state index contributed by atoms with van der Waals surface area (Å²) in [7, 11) is 4.26. The van der Waals surface area contributed by atoms with Crippen LogP contribution in [-0.2, 0) is 14.6 Å². The first-order valence-electron chi connectivity index (χ1n) is 19.1. The van der Waals surface area contributed by atoms with Crippen molar-refractivity contribution in [1.82, 2.24) is 0 Å². The third-order valence-corrected chi connectivity index (χ3v) is 10.5. The molecule has 0 bridgehead atoms. The SMILES string of the molecule is C1CCCC1.Cc1cc(C)c(N2C=CN(c3c(C)cc(C)cc3C(c3ccccc3)c3ccccc3)[CH-]2)c(C(c2ccccc2)c2ccccc2)c1.[CH3-].[Cl][Ni]. The number of rotatable bonds is 8. The Hall–Kier alpha value is -4.56. The molecular formula is C51H54ClN2Ni-2. The first-order valence-corrected chi connectivity index (χ1v) is 20.5. The Morgan fingerprint density at radius 3 is 1.00 bits per heavy atom. The van der Waals surface area contributed by atoms with Crippen molar-refractivity contribution >= 4 is 21.6 Å². The van der Waals surface area contributed by atoms with Crippen LogP contribution in [0.15, 0.2) is 158 Å². The van der Waals surface area contributed by atoms with Crippen LogP contribution in [0.4, 0.5) is 11.4 Å². The van der Waals surface area contributed by atoms with Gasteiger partial charge >= 0.3 is 24.8 Å². The monoisotopic (exact) mass is 787 g/mol. The van der Waals surface area contributed by atoms with E-state index in [9.17, 15) is 0 Å². The predicted molar refractivity (Wildman–Crippen MR) is 233 cm³/mol. The number of anilines is 2. The van der Waals surface area contributed by atoms with Crippen molar-refractivity contribution in [3.05, 3.63) is 228 Å². The van der Waals surface area contributed by atoms with E-state index in [4.69, 9.17) is 0 Å². The Morgan fingerprint density at radius 2 is 0.727 bits per heavy atom. The third kappa shape index (κ3) is 10.0. The average molecular weight is 789 g/mol. The second-order valence-corrected chi connectivity index (χ2v) is 14.5. The first kappa shape index (κ1) is 41.6. The second-order valence-electron chi connectivity index (χ2n) is 14.5. The molecule has 0 amide bonds. The van der Waals surface area contributed by atoms with E-state index < -0.39 is 0 Å². The van der Waals surface area contributed by atoms with Gasteiger partial charge in [0, 0.05) is 23.2 Å². The molecule has 1 heterocycles. The third-order valence-electron chi connectivity index (χ3n) is 10.5. The van der Waals surface area contributed by atoms with Gasteiger partial charge in [0.25, 0.3) is 0 Å². The van der Waals surface area contributed by atoms with E-state index in [0.29, 0.717) is 0 Å². The van der Waals surface area contributed by atoms with Gasteiger partial charge in [0.05, 0.1) is 0 Å². The van der Waals surface area contributed by atoms with Gasteiger partial charge in [-0.05, 0) is 84.6 Å². The molecule has 2 aliphatic rings. The molecule has 0 unspecified atom stereocenters. The maximum absolute atomic E-state index is 4.26. The number of benzene rings is 6. The van der Waals surface area contributed by atoms with Crippen molar-refractivity contribution in [2.24, 2.45) is 0 Å². The molecule has 0 saturated heterocycles. The molecule has 1 saturated carbocycles. The normalized spacial score (nSPS) is 13.3. The van der Waals surface area contributed by atoms with Crippen LogP contribution in [0.5, 0.6) is 0 Å². The van der Waals surface area contributed by atoms with Crippen LogP contribution in [0, 0.1) is 41.8 Å². The molecule has 1 fully saturated rings. The topological polar surface area (TPSA) is 6.48 Å². The van der Waals surface area contributed by atoms with E-state index in [-0.39, 0.29) is 19.3 Å². The zero-order chi connectivity index (χ0) is 37.9. The van der Waals surface area contributed by atoms with Crippen molar-refractivity contribution in [1.29, 1.82) is 0 Å². The van der Waals surface area contributed by atoms with E-state index >= 15 is 0 Å². The summed E-state index contributed by atoms with van der Waals surface area (Å²) in [4.78, 5) is 4.65. The molecule has 287 valence electrons. The molecule has 0 spiro atoms. The van der Waals surface area contributed by atoms with Gasteiger partial charge in [0.15, 0.2) is 0 Å². The number of nitrogens with zero attached hydrogens (tertiary/aromatic N) is 2. The first-order chi connectivity index (χ1) is 26.5. The van der Waals surface area contributed by atoms with Crippen molar-refractivity contribution < 1.29 is 14.6 Å². The summed E-state index contributed by atoms with van der Waals surface area (Å²) in [6.07, 6.45) is 11.9. The predicted octanol–water partition coefficient (Wildman–Crippen LogP) is 14.3. The molecular weight excluding hydrogens is 735 g/mol. The molecule has 1 aliphatic heterocycles. The Balaban J connectivity index is 0.000000663. The zero-order valence-corrected chi connectivity index (χ0v) is 34.6. The summed E-state index contributed by atoms with van der Waals surface area (Å²) in [6.45, 7) is 11.2. The van der Waals surface area contributed by atoms with Gasteiger partial charge in [0.2, 0.25) is 0 Å². The summed E-state index contributed by atoms with van der Waals surface area (Å²) in [5, 5.41) is 0. The van der Waals surface area contributed by atoms with Crippen molar-refractivity contribution in [2.45, 2.75) is 71.6 Å². The molecule has 4 heteroatoms. The summed E-state index contributed by atoms with van der Waals surface area (Å²) < 4.78 is 0. The van der Waals surface area contributed by atoms with E-state index in [2.05, 4.69) is 227 Å². The van der Waals surface area contributed by atoms with Gasteiger partial charge < -0.3 is 17.2 Å². The fraction of sp³-hybridized carbons (Fsp3) is 0.216. The van der Waals surface area contributed by atoms with Crippen LogP contribution < -0.4 is 9.80 Å². The maximum atomic E-state index is 4.26. The van der Waals surface area contributed by atoms with Gasteiger partial charge in [-0.15, -0.1) is 6.67 Å². The minimum absolute atomic E-state index is 0. The fourth-order valence-electron chi connectivity index (χ4n) is 8.32. The number of hydrogen-bond donors (Lipinski definition) is 0. The standard InChI is InChI=1S/C45H41N2.C5H10.CH3.ClH.Ni/c1-32-27-34(3)44(40(29-32)42(36-17-9-5-10-18-36)37-19-11-6-12-20-37)46-25-26-47(31-46)45-35(4)28-33(2)30-41(45)43(38-21-13-7-14-22-38)39-23-15-8-16-24-39;1-2-4-5-3-1;;;/h5-31,42-43H,1-4H3;1-5H2;1H3;1H;/q-1;;-1;;+1/p-1. The van der Waals surface area contributed by atoms with Crippen molar-refractivity contribution in [3.8, 4) is 0 Å². The Kier molecular flexibility index (Phi) is 15.4. The molecule has 0 radical (unpaired) electrons. The van der Waals surface area contributed by atoms with Crippen LogP contribution in [0.1, 0.15) is 99.6 Å². The molecule has 0 atom stereocenters. The number of hydrogen-bond acceptors (Lipinski definition) is 2. The van der Waals surface area contributed by atoms with Crippen LogP contribution >= 0.6 is 10.2 Å². The van der Waals surface area contributed by atoms with E-state index in [1.165, 1.54) is 99.1 Å². The quantitative estimate of drug-likeness (QED) is 0.0861. The Morgan fingerprint density at radius 1 is 0.455 bits per heavy atom. The second kappa shape index (κ2) is 20.4. The summed E-state index contributed by atoms with van der Waals surface area (Å²) >= 11 is 3.35.